The van der Waals surface area contributed by atoms with Gasteiger partial charge in [-0.1, -0.05) is 20.8 Å². The van der Waals surface area contributed by atoms with E-state index in [9.17, 15) is 0 Å². The Labute approximate surface area is 179 Å². The van der Waals surface area contributed by atoms with Gasteiger partial charge in [0, 0.05) is 13.2 Å². The van der Waals surface area contributed by atoms with Crippen LogP contribution in [0.3, 0.4) is 0 Å². The first-order valence-corrected chi connectivity index (χ1v) is 13.6. The van der Waals surface area contributed by atoms with Crippen LogP contribution in [-0.2, 0) is 9.16 Å². The van der Waals surface area contributed by atoms with Crippen molar-refractivity contribution in [2.45, 2.75) is 57.8 Å². The summed E-state index contributed by atoms with van der Waals surface area (Å²) in [6.07, 6.45) is 2.39. The van der Waals surface area contributed by atoms with Crippen LogP contribution in [0, 0.1) is 9.62 Å². The fraction of sp³-hybridized carbons (Fsp3) is 0.722. The van der Waals surface area contributed by atoms with Crippen molar-refractivity contribution in [1.29, 1.82) is 0 Å². The van der Waals surface area contributed by atoms with Gasteiger partial charge in [0.15, 0.2) is 31.2 Å². The van der Waals surface area contributed by atoms with E-state index < -0.39 is 8.32 Å². The highest BCUT2D eigenvalue weighted by atomic mass is 127. The van der Waals surface area contributed by atoms with E-state index in [1.807, 2.05) is 6.07 Å². The number of methoxy groups -OCH3 is 1. The van der Waals surface area contributed by atoms with E-state index in [1.54, 1.807) is 7.11 Å². The second kappa shape index (κ2) is 9.06. The Morgan fingerprint density at radius 1 is 1.35 bits per heavy atom. The third-order valence-electron chi connectivity index (χ3n) is 5.03. The summed E-state index contributed by atoms with van der Waals surface area (Å²) in [4.78, 5) is 4.39. The van der Waals surface area contributed by atoms with Crippen LogP contribution < -0.4 is 9.47 Å². The van der Waals surface area contributed by atoms with E-state index in [1.165, 1.54) is 12.8 Å². The van der Waals surface area contributed by atoms with Gasteiger partial charge in [0.25, 0.3) is 0 Å². The molecule has 1 fully saturated rings. The van der Waals surface area contributed by atoms with Gasteiger partial charge in [0.1, 0.15) is 9.80 Å². The van der Waals surface area contributed by atoms with Gasteiger partial charge in [-0.3, -0.25) is 0 Å². The highest BCUT2D eigenvalue weighted by Gasteiger charge is 2.40. The van der Waals surface area contributed by atoms with Crippen molar-refractivity contribution in [2.24, 2.45) is 5.92 Å². The van der Waals surface area contributed by atoms with Gasteiger partial charge in [-0.15, -0.1) is 0 Å². The molecule has 1 aromatic heterocycles. The third-order valence-corrected chi connectivity index (χ3v) is 10.6. The van der Waals surface area contributed by atoms with Crippen LogP contribution in [-0.4, -0.2) is 39.9 Å². The third kappa shape index (κ3) is 6.05. The Morgan fingerprint density at radius 3 is 2.54 bits per heavy atom. The maximum atomic E-state index is 6.43. The molecule has 1 heterocycles. The lowest BCUT2D eigenvalue weighted by atomic mass is 10.2. The largest absolute Gasteiger partial charge is 0.484 e. The standard InChI is InChI=1S/C18H29BrINO4Si/c1-18(2,3)26(5,6)24-10-14(12-7-8-12)25-13-9-15(20)21-17(19)16(13)23-11-22-4/h9,12,14H,7-8,10-11H2,1-6H3. The monoisotopic (exact) mass is 557 g/mol. The predicted octanol–water partition coefficient (Wildman–Crippen LogP) is 5.61. The average Bonchev–Trinajstić information content (AvgIpc) is 3.34. The van der Waals surface area contributed by atoms with Crippen molar-refractivity contribution in [3.05, 3.63) is 14.4 Å². The zero-order valence-electron chi connectivity index (χ0n) is 16.4. The SMILES string of the molecule is COCOc1c(OC(CO[Si](C)(C)C(C)(C)C)C2CC2)cc(I)nc1Br. The first kappa shape index (κ1) is 22.4. The number of nitrogens with zero attached hydrogens (tertiary/aromatic N) is 1. The minimum atomic E-state index is -1.81. The number of hydrogen-bond donors (Lipinski definition) is 0. The van der Waals surface area contributed by atoms with E-state index in [0.717, 1.165) is 3.70 Å². The summed E-state index contributed by atoms with van der Waals surface area (Å²) in [5.74, 6) is 1.80. The second-order valence-electron chi connectivity index (χ2n) is 8.18. The molecule has 0 bridgehead atoms. The highest BCUT2D eigenvalue weighted by molar-refractivity contribution is 14.1. The predicted molar refractivity (Wildman–Crippen MR) is 117 cm³/mol. The highest BCUT2D eigenvalue weighted by Crippen LogP contribution is 2.42. The summed E-state index contributed by atoms with van der Waals surface area (Å²) < 4.78 is 25.0. The Balaban J connectivity index is 2.15. The number of ether oxygens (including phenoxy) is 3. The molecule has 0 amide bonds. The van der Waals surface area contributed by atoms with Gasteiger partial charge >= 0.3 is 0 Å². The van der Waals surface area contributed by atoms with Crippen LogP contribution in [0.25, 0.3) is 0 Å². The lowest BCUT2D eigenvalue weighted by Crippen LogP contribution is -2.43. The van der Waals surface area contributed by atoms with Crippen molar-refractivity contribution in [3.8, 4) is 11.5 Å². The molecule has 0 N–H and O–H groups in total. The molecule has 1 aromatic rings. The van der Waals surface area contributed by atoms with E-state index in [4.69, 9.17) is 18.6 Å². The fourth-order valence-electron chi connectivity index (χ4n) is 2.19. The normalized spacial score (nSPS) is 16.5. The number of halogens is 2. The molecule has 148 valence electrons. The van der Waals surface area contributed by atoms with Crippen molar-refractivity contribution < 1.29 is 18.6 Å². The average molecular weight is 558 g/mol. The molecule has 0 radical (unpaired) electrons. The number of hydrogen-bond acceptors (Lipinski definition) is 5. The number of aromatic nitrogens is 1. The van der Waals surface area contributed by atoms with Gasteiger partial charge in [-0.05, 0) is 75.4 Å². The molecule has 1 aliphatic carbocycles. The van der Waals surface area contributed by atoms with Gasteiger partial charge in [-0.2, -0.15) is 0 Å². The Kier molecular flexibility index (Phi) is 7.80. The van der Waals surface area contributed by atoms with E-state index >= 15 is 0 Å². The van der Waals surface area contributed by atoms with Crippen LogP contribution in [0.1, 0.15) is 33.6 Å². The Morgan fingerprint density at radius 2 is 2.00 bits per heavy atom. The smallest absolute Gasteiger partial charge is 0.197 e. The molecule has 0 saturated heterocycles. The summed E-state index contributed by atoms with van der Waals surface area (Å²) in [6, 6.07) is 1.90. The number of rotatable bonds is 9. The van der Waals surface area contributed by atoms with Crippen molar-refractivity contribution in [3.63, 3.8) is 0 Å². The van der Waals surface area contributed by atoms with Crippen LogP contribution in [0.2, 0.25) is 18.1 Å². The van der Waals surface area contributed by atoms with Crippen molar-refractivity contribution >= 4 is 46.8 Å². The molecular weight excluding hydrogens is 529 g/mol. The van der Waals surface area contributed by atoms with Crippen molar-refractivity contribution in [2.75, 3.05) is 20.5 Å². The molecule has 0 aromatic carbocycles. The van der Waals surface area contributed by atoms with Crippen LogP contribution in [0.5, 0.6) is 11.5 Å². The molecule has 8 heteroatoms. The van der Waals surface area contributed by atoms with Gasteiger partial charge in [0.2, 0.25) is 0 Å². The molecule has 1 aliphatic rings. The lowest BCUT2D eigenvalue weighted by Gasteiger charge is -2.37. The van der Waals surface area contributed by atoms with Crippen LogP contribution in [0.4, 0.5) is 0 Å². The molecule has 0 spiro atoms. The van der Waals surface area contributed by atoms with E-state index in [2.05, 4.69) is 77.4 Å². The summed E-state index contributed by atoms with van der Waals surface area (Å²) in [6.45, 7) is 12.1. The molecule has 2 rings (SSSR count). The minimum Gasteiger partial charge on any atom is -0.484 e. The Hall–Kier alpha value is 0.0969. The number of pyridine rings is 1. The maximum absolute atomic E-state index is 6.43. The molecule has 26 heavy (non-hydrogen) atoms. The van der Waals surface area contributed by atoms with Crippen molar-refractivity contribution in [1.82, 2.24) is 4.98 Å². The quantitative estimate of drug-likeness (QED) is 0.171. The molecule has 1 saturated carbocycles. The van der Waals surface area contributed by atoms with Crippen LogP contribution >= 0.6 is 38.5 Å². The van der Waals surface area contributed by atoms with E-state index in [0.29, 0.717) is 28.6 Å². The molecule has 0 aliphatic heterocycles. The summed E-state index contributed by atoms with van der Waals surface area (Å²) in [7, 11) is -0.222. The topological polar surface area (TPSA) is 49.8 Å². The molecule has 1 atom stereocenters. The second-order valence-corrected chi connectivity index (χ2v) is 14.8. The van der Waals surface area contributed by atoms with Gasteiger partial charge < -0.3 is 18.6 Å². The molecule has 1 unspecified atom stereocenters. The minimum absolute atomic E-state index is 0.0270. The summed E-state index contributed by atoms with van der Waals surface area (Å²) in [5.41, 5.74) is 0. The van der Waals surface area contributed by atoms with Crippen LogP contribution in [0.15, 0.2) is 10.7 Å². The zero-order chi connectivity index (χ0) is 19.5. The first-order chi connectivity index (χ1) is 12.0. The Bertz CT molecular complexity index is 620. The summed E-state index contributed by atoms with van der Waals surface area (Å²) in [5, 5.41) is 0.183. The zero-order valence-corrected chi connectivity index (χ0v) is 21.1. The van der Waals surface area contributed by atoms with Gasteiger partial charge in [-0.25, -0.2) is 4.98 Å². The molecular formula is C18H29BrINO4Si. The summed E-state index contributed by atoms with van der Waals surface area (Å²) >= 11 is 5.64. The van der Waals surface area contributed by atoms with E-state index in [-0.39, 0.29) is 17.9 Å². The fourth-order valence-corrected chi connectivity index (χ4v) is 4.56. The van der Waals surface area contributed by atoms with Gasteiger partial charge in [0.05, 0.1) is 6.61 Å². The lowest BCUT2D eigenvalue weighted by molar-refractivity contribution is 0.0428. The first-order valence-electron chi connectivity index (χ1n) is 8.83. The maximum Gasteiger partial charge on any atom is 0.197 e. The molecule has 5 nitrogen and oxygen atoms in total.